The molecule has 0 fully saturated rings. The molecule has 0 saturated carbocycles. The van der Waals surface area contributed by atoms with Gasteiger partial charge in [0.1, 0.15) is 0 Å². The number of thiophene rings is 1. The summed E-state index contributed by atoms with van der Waals surface area (Å²) >= 11 is 1.55. The lowest BCUT2D eigenvalue weighted by molar-refractivity contribution is -0.120. The van der Waals surface area contributed by atoms with E-state index in [0.29, 0.717) is 24.6 Å². The van der Waals surface area contributed by atoms with Crippen LogP contribution in [0, 0.1) is 0 Å². The largest absolute Gasteiger partial charge is 0.493 e. The van der Waals surface area contributed by atoms with Crippen LogP contribution in [0.15, 0.2) is 35.7 Å². The number of hydrogen-bond donors (Lipinski definition) is 2. The lowest BCUT2D eigenvalue weighted by Gasteiger charge is -2.17. The second-order valence-corrected chi connectivity index (χ2v) is 6.70. The molecular formula is C18H23N3O4S. The fraction of sp³-hybridized carbons (Fsp3) is 0.333. The number of nitrogens with one attached hydrogen (secondary N) is 2. The number of likely N-dealkylation sites (N-methyl/N-ethyl adjacent to an activating group) is 1. The quantitative estimate of drug-likeness (QED) is 0.737. The molecule has 2 N–H and O–H groups in total. The summed E-state index contributed by atoms with van der Waals surface area (Å²) in [4.78, 5) is 26.6. The first-order chi connectivity index (χ1) is 12.5. The predicted molar refractivity (Wildman–Crippen MR) is 101 cm³/mol. The number of carbonyl (C=O) groups is 2. The maximum Gasteiger partial charge on any atom is 0.321 e. The Balaban J connectivity index is 1.78. The molecule has 0 atom stereocenters. The molecule has 1 aromatic heterocycles. The van der Waals surface area contributed by atoms with Gasteiger partial charge in [0.25, 0.3) is 0 Å². The van der Waals surface area contributed by atoms with Crippen molar-refractivity contribution in [1.82, 2.24) is 15.5 Å². The van der Waals surface area contributed by atoms with Crippen LogP contribution in [0.25, 0.3) is 0 Å². The Morgan fingerprint density at radius 1 is 1.15 bits per heavy atom. The van der Waals surface area contributed by atoms with Gasteiger partial charge in [-0.05, 0) is 36.2 Å². The van der Waals surface area contributed by atoms with Crippen molar-refractivity contribution in [2.75, 3.05) is 27.8 Å². The second kappa shape index (κ2) is 9.79. The van der Waals surface area contributed by atoms with Crippen molar-refractivity contribution in [2.24, 2.45) is 0 Å². The Morgan fingerprint density at radius 3 is 2.58 bits per heavy atom. The average molecular weight is 377 g/mol. The first-order valence-corrected chi connectivity index (χ1v) is 8.89. The zero-order valence-corrected chi connectivity index (χ0v) is 15.9. The monoisotopic (exact) mass is 377 g/mol. The van der Waals surface area contributed by atoms with Crippen LogP contribution in [0.4, 0.5) is 4.79 Å². The Morgan fingerprint density at radius 2 is 1.92 bits per heavy atom. The van der Waals surface area contributed by atoms with Crippen LogP contribution in [-0.2, 0) is 17.9 Å². The maximum absolute atomic E-state index is 12.0. The molecule has 3 amide bonds. The molecule has 140 valence electrons. The van der Waals surface area contributed by atoms with Crippen molar-refractivity contribution >= 4 is 23.3 Å². The van der Waals surface area contributed by atoms with E-state index in [2.05, 4.69) is 10.6 Å². The van der Waals surface area contributed by atoms with E-state index in [4.69, 9.17) is 9.47 Å². The van der Waals surface area contributed by atoms with Crippen LogP contribution in [0.1, 0.15) is 10.4 Å². The van der Waals surface area contributed by atoms with Crippen molar-refractivity contribution in [3.8, 4) is 11.5 Å². The fourth-order valence-corrected chi connectivity index (χ4v) is 3.03. The zero-order chi connectivity index (χ0) is 18.9. The minimum Gasteiger partial charge on any atom is -0.493 e. The van der Waals surface area contributed by atoms with E-state index >= 15 is 0 Å². The van der Waals surface area contributed by atoms with Crippen molar-refractivity contribution in [2.45, 2.75) is 13.1 Å². The molecule has 2 aromatic rings. The highest BCUT2D eigenvalue weighted by molar-refractivity contribution is 7.09. The van der Waals surface area contributed by atoms with Gasteiger partial charge in [0.05, 0.1) is 27.3 Å². The molecule has 0 saturated heterocycles. The van der Waals surface area contributed by atoms with Gasteiger partial charge in [-0.1, -0.05) is 12.1 Å². The van der Waals surface area contributed by atoms with E-state index in [1.54, 1.807) is 32.6 Å². The van der Waals surface area contributed by atoms with Gasteiger partial charge in [-0.15, -0.1) is 11.3 Å². The third kappa shape index (κ3) is 6.05. The highest BCUT2D eigenvalue weighted by Gasteiger charge is 2.12. The molecule has 0 aliphatic heterocycles. The van der Waals surface area contributed by atoms with Gasteiger partial charge >= 0.3 is 6.03 Å². The standard InChI is InChI=1S/C18H23N3O4S/c1-21(11-13-6-7-15(24-2)16(9-13)25-3)12-17(22)20-18(23)19-10-14-5-4-8-26-14/h4-9H,10-12H2,1-3H3,(H2,19,20,22,23). The van der Waals surface area contributed by atoms with Crippen molar-refractivity contribution in [3.05, 3.63) is 46.2 Å². The molecule has 0 bridgehead atoms. The summed E-state index contributed by atoms with van der Waals surface area (Å²) in [6.07, 6.45) is 0. The number of hydrogen-bond acceptors (Lipinski definition) is 6. The Labute approximate surface area is 156 Å². The topological polar surface area (TPSA) is 79.9 Å². The number of carbonyl (C=O) groups excluding carboxylic acids is 2. The molecule has 7 nitrogen and oxygen atoms in total. The van der Waals surface area contributed by atoms with Crippen LogP contribution < -0.4 is 20.1 Å². The van der Waals surface area contributed by atoms with Gasteiger partial charge in [0.15, 0.2) is 11.5 Å². The first-order valence-electron chi connectivity index (χ1n) is 8.01. The van der Waals surface area contributed by atoms with E-state index in [1.807, 2.05) is 40.6 Å². The minimum atomic E-state index is -0.497. The highest BCUT2D eigenvalue weighted by atomic mass is 32.1. The number of nitrogens with zero attached hydrogens (tertiary/aromatic N) is 1. The van der Waals surface area contributed by atoms with E-state index in [1.165, 1.54) is 0 Å². The summed E-state index contributed by atoms with van der Waals surface area (Å²) in [5.74, 6) is 0.923. The maximum atomic E-state index is 12.0. The number of ether oxygens (including phenoxy) is 2. The van der Waals surface area contributed by atoms with Gasteiger partial charge in [-0.25, -0.2) is 4.79 Å². The Hall–Kier alpha value is -2.58. The summed E-state index contributed by atoms with van der Waals surface area (Å²) in [5, 5.41) is 6.92. The van der Waals surface area contributed by atoms with Gasteiger partial charge < -0.3 is 14.8 Å². The van der Waals surface area contributed by atoms with Gasteiger partial charge in [-0.3, -0.25) is 15.0 Å². The molecule has 26 heavy (non-hydrogen) atoms. The van der Waals surface area contributed by atoms with Crippen LogP contribution in [0.2, 0.25) is 0 Å². The number of benzene rings is 1. The molecule has 0 aliphatic carbocycles. The third-order valence-electron chi connectivity index (χ3n) is 3.57. The van der Waals surface area contributed by atoms with E-state index in [9.17, 15) is 9.59 Å². The number of methoxy groups -OCH3 is 2. The lowest BCUT2D eigenvalue weighted by Crippen LogP contribution is -2.43. The average Bonchev–Trinajstić information content (AvgIpc) is 3.13. The fourth-order valence-electron chi connectivity index (χ4n) is 2.38. The van der Waals surface area contributed by atoms with Crippen molar-refractivity contribution in [3.63, 3.8) is 0 Å². The summed E-state index contributed by atoms with van der Waals surface area (Å²) < 4.78 is 10.5. The molecule has 2 rings (SSSR count). The first kappa shape index (κ1) is 19.7. The molecule has 0 unspecified atom stereocenters. The minimum absolute atomic E-state index is 0.0980. The van der Waals surface area contributed by atoms with Crippen molar-refractivity contribution in [1.29, 1.82) is 0 Å². The van der Waals surface area contributed by atoms with Crippen LogP contribution in [0.3, 0.4) is 0 Å². The number of rotatable bonds is 8. The van der Waals surface area contributed by atoms with Gasteiger partial charge in [0, 0.05) is 11.4 Å². The zero-order valence-electron chi connectivity index (χ0n) is 15.1. The van der Waals surface area contributed by atoms with E-state index < -0.39 is 6.03 Å². The van der Waals surface area contributed by atoms with Crippen LogP contribution in [0.5, 0.6) is 11.5 Å². The van der Waals surface area contributed by atoms with Crippen LogP contribution in [-0.4, -0.2) is 44.7 Å². The van der Waals surface area contributed by atoms with Gasteiger partial charge in [0.2, 0.25) is 5.91 Å². The molecule has 0 radical (unpaired) electrons. The van der Waals surface area contributed by atoms with Gasteiger partial charge in [-0.2, -0.15) is 0 Å². The highest BCUT2D eigenvalue weighted by Crippen LogP contribution is 2.27. The lowest BCUT2D eigenvalue weighted by atomic mass is 10.2. The molecule has 0 spiro atoms. The number of urea groups is 1. The van der Waals surface area contributed by atoms with E-state index in [-0.39, 0.29) is 12.5 Å². The summed E-state index contributed by atoms with van der Waals surface area (Å²) in [7, 11) is 4.96. The Kier molecular flexibility index (Phi) is 7.43. The normalized spacial score (nSPS) is 10.5. The van der Waals surface area contributed by atoms with E-state index in [0.717, 1.165) is 10.4 Å². The van der Waals surface area contributed by atoms with Crippen molar-refractivity contribution < 1.29 is 19.1 Å². The van der Waals surface area contributed by atoms with Crippen LogP contribution >= 0.6 is 11.3 Å². The molecule has 0 aliphatic rings. The SMILES string of the molecule is COc1ccc(CN(C)CC(=O)NC(=O)NCc2cccs2)cc1OC. The molecule has 1 aromatic carbocycles. The third-order valence-corrected chi connectivity index (χ3v) is 4.45. The summed E-state index contributed by atoms with van der Waals surface area (Å²) in [6.45, 7) is 1.03. The number of amides is 3. The summed E-state index contributed by atoms with van der Waals surface area (Å²) in [6, 6.07) is 8.92. The molecular weight excluding hydrogens is 354 g/mol. The Bertz CT molecular complexity index is 734. The second-order valence-electron chi connectivity index (χ2n) is 5.67. The number of imide groups is 1. The summed E-state index contributed by atoms with van der Waals surface area (Å²) in [5.41, 5.74) is 0.972. The predicted octanol–water partition coefficient (Wildman–Crippen LogP) is 2.22. The molecule has 8 heteroatoms. The molecule has 1 heterocycles. The smallest absolute Gasteiger partial charge is 0.321 e.